The summed E-state index contributed by atoms with van der Waals surface area (Å²) in [5, 5.41) is 7.73. The molecule has 55 heavy (non-hydrogen) atoms. The van der Waals surface area contributed by atoms with Crippen molar-refractivity contribution in [2.75, 3.05) is 4.90 Å². The first-order valence-corrected chi connectivity index (χ1v) is 20.3. The highest BCUT2D eigenvalue weighted by molar-refractivity contribution is 7.26. The molecule has 2 aromatic heterocycles. The minimum atomic E-state index is 1.11. The second-order valence-corrected chi connectivity index (χ2v) is 16.3. The van der Waals surface area contributed by atoms with Crippen LogP contribution in [0.4, 0.5) is 17.1 Å². The average molecular weight is 736 g/mol. The number of fused-ring (bicyclic) bond motifs is 7. The van der Waals surface area contributed by atoms with Crippen molar-refractivity contribution >= 4 is 90.9 Å². The van der Waals surface area contributed by atoms with Crippen molar-refractivity contribution in [1.82, 2.24) is 0 Å². The van der Waals surface area contributed by atoms with Gasteiger partial charge < -0.3 is 4.90 Å². The Kier molecular flexibility index (Phi) is 7.61. The number of anilines is 3. The van der Waals surface area contributed by atoms with E-state index in [1.54, 1.807) is 0 Å². The van der Waals surface area contributed by atoms with Crippen molar-refractivity contribution in [1.29, 1.82) is 0 Å². The quantitative estimate of drug-likeness (QED) is 0.164. The molecule has 11 aromatic rings. The summed E-state index contributed by atoms with van der Waals surface area (Å²) >= 11 is 3.75. The van der Waals surface area contributed by atoms with Crippen LogP contribution in [-0.2, 0) is 0 Å². The summed E-state index contributed by atoms with van der Waals surface area (Å²) in [5.41, 5.74) is 10.6. The number of rotatable bonds is 6. The monoisotopic (exact) mass is 735 g/mol. The predicted molar refractivity (Wildman–Crippen MR) is 241 cm³/mol. The van der Waals surface area contributed by atoms with Crippen LogP contribution in [0.2, 0.25) is 0 Å². The average Bonchev–Trinajstić information content (AvgIpc) is 3.82. The fourth-order valence-corrected chi connectivity index (χ4v) is 10.5. The van der Waals surface area contributed by atoms with Gasteiger partial charge in [0.25, 0.3) is 0 Å². The SMILES string of the molecule is c1ccc(-c2cc(-c3cccc4c3sc3ccccc34)cc(N(c3ccc(-c4ccc5ccccc5c4)cc3)c3ccc4c(c3)sc3ccccc34)c2)cc1. The summed E-state index contributed by atoms with van der Waals surface area (Å²) in [6.45, 7) is 0. The normalized spacial score (nSPS) is 11.6. The fraction of sp³-hybridized carbons (Fsp3) is 0. The van der Waals surface area contributed by atoms with E-state index in [4.69, 9.17) is 0 Å². The molecule has 0 saturated carbocycles. The Labute approximate surface area is 327 Å². The first-order chi connectivity index (χ1) is 27.2. The van der Waals surface area contributed by atoms with E-state index in [2.05, 4.69) is 205 Å². The summed E-state index contributed by atoms with van der Waals surface area (Å²) in [6, 6.07) is 73.6. The van der Waals surface area contributed by atoms with Crippen LogP contribution < -0.4 is 4.90 Å². The predicted octanol–water partition coefficient (Wildman–Crippen LogP) is 16.0. The molecule has 258 valence electrons. The molecule has 1 nitrogen and oxygen atoms in total. The molecular weight excluding hydrogens is 703 g/mol. The first-order valence-electron chi connectivity index (χ1n) is 18.7. The fourth-order valence-electron chi connectivity index (χ4n) is 8.14. The number of nitrogens with zero attached hydrogens (tertiary/aromatic N) is 1. The molecule has 2 heterocycles. The van der Waals surface area contributed by atoms with Crippen LogP contribution in [-0.4, -0.2) is 0 Å². The molecule has 0 bridgehead atoms. The van der Waals surface area contributed by atoms with Gasteiger partial charge >= 0.3 is 0 Å². The maximum atomic E-state index is 2.44. The Morgan fingerprint density at radius 1 is 0.291 bits per heavy atom. The van der Waals surface area contributed by atoms with Gasteiger partial charge in [0.1, 0.15) is 0 Å². The van der Waals surface area contributed by atoms with E-state index >= 15 is 0 Å². The van der Waals surface area contributed by atoms with Crippen molar-refractivity contribution in [3.63, 3.8) is 0 Å². The van der Waals surface area contributed by atoms with Gasteiger partial charge in [-0.2, -0.15) is 0 Å². The number of benzene rings is 9. The summed E-state index contributed by atoms with van der Waals surface area (Å²) in [7, 11) is 0. The maximum absolute atomic E-state index is 2.44. The van der Waals surface area contributed by atoms with Gasteiger partial charge in [-0.3, -0.25) is 0 Å². The lowest BCUT2D eigenvalue weighted by Gasteiger charge is -2.27. The Morgan fingerprint density at radius 3 is 1.75 bits per heavy atom. The molecule has 0 atom stereocenters. The molecular formula is C52H33NS2. The van der Waals surface area contributed by atoms with E-state index in [1.165, 1.54) is 84.5 Å². The molecule has 0 fully saturated rings. The van der Waals surface area contributed by atoms with Crippen LogP contribution in [0, 0.1) is 0 Å². The Balaban J connectivity index is 1.13. The minimum absolute atomic E-state index is 1.11. The van der Waals surface area contributed by atoms with Crippen molar-refractivity contribution in [3.8, 4) is 33.4 Å². The third-order valence-corrected chi connectivity index (χ3v) is 13.2. The Bertz CT molecular complexity index is 3210. The highest BCUT2D eigenvalue weighted by Crippen LogP contribution is 2.45. The van der Waals surface area contributed by atoms with Gasteiger partial charge in [0.15, 0.2) is 0 Å². The molecule has 9 aromatic carbocycles. The van der Waals surface area contributed by atoms with E-state index in [9.17, 15) is 0 Å². The van der Waals surface area contributed by atoms with E-state index in [0.717, 1.165) is 17.1 Å². The molecule has 0 unspecified atom stereocenters. The zero-order valence-electron chi connectivity index (χ0n) is 29.8. The van der Waals surface area contributed by atoms with Gasteiger partial charge in [-0.05, 0) is 105 Å². The summed E-state index contributed by atoms with van der Waals surface area (Å²) in [4.78, 5) is 2.44. The summed E-state index contributed by atoms with van der Waals surface area (Å²) in [5.74, 6) is 0. The van der Waals surface area contributed by atoms with Gasteiger partial charge in [-0.1, -0.05) is 140 Å². The molecule has 0 saturated heterocycles. The smallest absolute Gasteiger partial charge is 0.0476 e. The topological polar surface area (TPSA) is 3.24 Å². The van der Waals surface area contributed by atoms with Crippen molar-refractivity contribution in [2.45, 2.75) is 0 Å². The van der Waals surface area contributed by atoms with Gasteiger partial charge in [-0.25, -0.2) is 0 Å². The van der Waals surface area contributed by atoms with Gasteiger partial charge in [0.05, 0.1) is 0 Å². The van der Waals surface area contributed by atoms with E-state index < -0.39 is 0 Å². The molecule has 3 heteroatoms. The largest absolute Gasteiger partial charge is 0.310 e. The van der Waals surface area contributed by atoms with Crippen LogP contribution in [0.25, 0.3) is 84.5 Å². The first kappa shape index (κ1) is 32.0. The molecule has 0 spiro atoms. The van der Waals surface area contributed by atoms with Crippen LogP contribution in [0.3, 0.4) is 0 Å². The van der Waals surface area contributed by atoms with Crippen molar-refractivity contribution in [2.24, 2.45) is 0 Å². The lowest BCUT2D eigenvalue weighted by atomic mass is 9.96. The standard InChI is InChI=1S/C52H33NS2/c1-2-11-34(12-3-1)39-30-40(44-17-10-18-48-46-16-7-9-20-50(46)55-52(44)48)32-43(31-39)53(42-27-28-47-45-15-6-8-19-49(45)54-51(47)33-42)41-25-23-36(24-26-41)38-22-21-35-13-4-5-14-37(35)29-38/h1-33H. The molecule has 0 radical (unpaired) electrons. The molecule has 0 amide bonds. The van der Waals surface area contributed by atoms with Crippen LogP contribution in [0.15, 0.2) is 200 Å². The molecule has 0 N–H and O–H groups in total. The second-order valence-electron chi connectivity index (χ2n) is 14.1. The highest BCUT2D eigenvalue weighted by Gasteiger charge is 2.19. The molecule has 11 rings (SSSR count). The third-order valence-electron chi connectivity index (χ3n) is 10.8. The molecule has 0 aliphatic heterocycles. The molecule has 0 aliphatic rings. The third kappa shape index (κ3) is 5.60. The molecule has 0 aliphatic carbocycles. The highest BCUT2D eigenvalue weighted by atomic mass is 32.1. The van der Waals surface area contributed by atoms with E-state index in [1.807, 2.05) is 22.7 Å². The minimum Gasteiger partial charge on any atom is -0.310 e. The van der Waals surface area contributed by atoms with Crippen LogP contribution in [0.5, 0.6) is 0 Å². The summed E-state index contributed by atoms with van der Waals surface area (Å²) < 4.78 is 5.23. The van der Waals surface area contributed by atoms with Crippen molar-refractivity contribution in [3.05, 3.63) is 200 Å². The zero-order chi connectivity index (χ0) is 36.3. The van der Waals surface area contributed by atoms with Gasteiger partial charge in [0, 0.05) is 57.4 Å². The van der Waals surface area contributed by atoms with Gasteiger partial charge in [-0.15, -0.1) is 22.7 Å². The van der Waals surface area contributed by atoms with Crippen LogP contribution >= 0.6 is 22.7 Å². The van der Waals surface area contributed by atoms with Crippen molar-refractivity contribution < 1.29 is 0 Å². The lowest BCUT2D eigenvalue weighted by molar-refractivity contribution is 1.29. The maximum Gasteiger partial charge on any atom is 0.0476 e. The number of hydrogen-bond acceptors (Lipinski definition) is 3. The second kappa shape index (κ2) is 13.1. The lowest BCUT2D eigenvalue weighted by Crippen LogP contribution is -2.10. The van der Waals surface area contributed by atoms with E-state index in [0.29, 0.717) is 0 Å². The Hall–Kier alpha value is -6.52. The van der Waals surface area contributed by atoms with Gasteiger partial charge in [0.2, 0.25) is 0 Å². The number of hydrogen-bond donors (Lipinski definition) is 0. The summed E-state index contributed by atoms with van der Waals surface area (Å²) in [6.07, 6.45) is 0. The Morgan fingerprint density at radius 2 is 0.909 bits per heavy atom. The van der Waals surface area contributed by atoms with Crippen LogP contribution in [0.1, 0.15) is 0 Å². The zero-order valence-corrected chi connectivity index (χ0v) is 31.4. The number of thiophene rings is 2. The van der Waals surface area contributed by atoms with E-state index in [-0.39, 0.29) is 0 Å².